The summed E-state index contributed by atoms with van der Waals surface area (Å²) in [5.41, 5.74) is 3.72. The van der Waals surface area contributed by atoms with Crippen LogP contribution in [-0.2, 0) is 24.6 Å². The molecule has 4 bridgehead atoms. The van der Waals surface area contributed by atoms with E-state index < -0.39 is 29.1 Å². The van der Waals surface area contributed by atoms with Gasteiger partial charge in [0.25, 0.3) is 11.8 Å². The van der Waals surface area contributed by atoms with Crippen LogP contribution in [0.3, 0.4) is 0 Å². The number of hydrogen-bond donors (Lipinski definition) is 0. The second-order valence-electron chi connectivity index (χ2n) is 13.0. The van der Waals surface area contributed by atoms with Crippen LogP contribution in [0.5, 0.6) is 0 Å². The zero-order valence-corrected chi connectivity index (χ0v) is 24.6. The quantitative estimate of drug-likeness (QED) is 0.229. The Kier molecular flexibility index (Phi) is 5.25. The molecular formula is C36H28ClN3O4. The molecular weight excluding hydrogens is 574 g/mol. The topological polar surface area (TPSA) is 87.1 Å². The first kappa shape index (κ1) is 26.1. The summed E-state index contributed by atoms with van der Waals surface area (Å²) in [5, 5.41) is 6.22. The highest BCUT2D eigenvalue weighted by Gasteiger charge is 2.68. The van der Waals surface area contributed by atoms with Crippen LogP contribution in [0, 0.1) is 42.4 Å². The van der Waals surface area contributed by atoms with E-state index in [4.69, 9.17) is 16.7 Å². The molecule has 0 spiro atoms. The van der Waals surface area contributed by atoms with Gasteiger partial charge in [0, 0.05) is 17.2 Å². The van der Waals surface area contributed by atoms with Crippen LogP contribution in [0.1, 0.15) is 46.6 Å². The zero-order valence-electron chi connectivity index (χ0n) is 23.9. The van der Waals surface area contributed by atoms with Crippen molar-refractivity contribution in [3.05, 3.63) is 112 Å². The van der Waals surface area contributed by atoms with Gasteiger partial charge in [0.15, 0.2) is 0 Å². The van der Waals surface area contributed by atoms with E-state index in [0.29, 0.717) is 10.7 Å². The minimum atomic E-state index is -1.17. The number of rotatable bonds is 3. The third-order valence-electron chi connectivity index (χ3n) is 11.2. The maximum Gasteiger partial charge on any atom is 0.254 e. The van der Waals surface area contributed by atoms with Gasteiger partial charge in [-0.05, 0) is 71.6 Å². The predicted octanol–water partition coefficient (Wildman–Crippen LogP) is 5.38. The van der Waals surface area contributed by atoms with Crippen LogP contribution >= 0.6 is 11.6 Å². The average molecular weight is 602 g/mol. The Bertz CT molecular complexity index is 1830. The number of allylic oxidation sites excluding steroid dienone is 2. The molecule has 44 heavy (non-hydrogen) atoms. The van der Waals surface area contributed by atoms with Gasteiger partial charge in [0.2, 0.25) is 11.8 Å². The lowest BCUT2D eigenvalue weighted by molar-refractivity contribution is -0.140. The molecule has 0 aromatic heterocycles. The van der Waals surface area contributed by atoms with Crippen molar-refractivity contribution in [2.75, 3.05) is 4.90 Å². The molecule has 2 aliphatic heterocycles. The summed E-state index contributed by atoms with van der Waals surface area (Å²) in [6.45, 7) is 1.86. The Balaban J connectivity index is 1.25. The molecule has 8 aliphatic rings. The van der Waals surface area contributed by atoms with E-state index in [1.54, 1.807) is 18.3 Å². The Hall–Kier alpha value is -4.36. The molecule has 3 aromatic carbocycles. The van der Waals surface area contributed by atoms with E-state index >= 15 is 0 Å². The van der Waals surface area contributed by atoms with Crippen molar-refractivity contribution in [1.29, 1.82) is 0 Å². The first-order valence-corrected chi connectivity index (χ1v) is 15.6. The number of halogens is 1. The number of fused-ring (bicyclic) bond motifs is 1. The number of carbonyl (C=O) groups excluding carboxylic acids is 4. The second kappa shape index (κ2) is 8.85. The van der Waals surface area contributed by atoms with Crippen molar-refractivity contribution in [1.82, 2.24) is 5.01 Å². The van der Waals surface area contributed by atoms with Gasteiger partial charge in [0.1, 0.15) is 0 Å². The number of amides is 4. The first-order chi connectivity index (χ1) is 21.3. The van der Waals surface area contributed by atoms with Crippen LogP contribution in [0.15, 0.2) is 84.0 Å². The molecule has 2 saturated heterocycles. The highest BCUT2D eigenvalue weighted by Crippen LogP contribution is 2.64. The lowest BCUT2D eigenvalue weighted by atomic mass is 9.47. The minimum Gasteiger partial charge on any atom is -0.274 e. The standard InChI is InChI=1S/C36H28ClN3O4/c1-18-10-15-21(37)16-26(18)39-32(41)30-29-22-6-2-4-8-24(22)36(31(30)35(39)44,25-9-5-3-7-23(25)29)17-38-40-33(42)27-19-11-12-20(14-13-19)28(27)34(40)43/h2-12,15-17,19-20,27-31H,13-14H2,1H3/b38-17-/t19-,20-,27-,28+,29?,30+,31+,36?/m0/s1. The van der Waals surface area contributed by atoms with E-state index in [2.05, 4.69) is 12.2 Å². The van der Waals surface area contributed by atoms with Gasteiger partial charge < -0.3 is 0 Å². The molecule has 6 aliphatic carbocycles. The van der Waals surface area contributed by atoms with Gasteiger partial charge in [-0.25, -0.2) is 4.90 Å². The first-order valence-electron chi connectivity index (χ1n) is 15.3. The maximum absolute atomic E-state index is 14.7. The van der Waals surface area contributed by atoms with Crippen molar-refractivity contribution in [2.24, 2.45) is 40.6 Å². The Morgan fingerprint density at radius 3 is 1.95 bits per heavy atom. The van der Waals surface area contributed by atoms with Gasteiger partial charge in [-0.2, -0.15) is 10.1 Å². The molecule has 3 fully saturated rings. The zero-order chi connectivity index (χ0) is 30.1. The number of imide groups is 2. The van der Waals surface area contributed by atoms with Crippen molar-refractivity contribution >= 4 is 47.1 Å². The fourth-order valence-corrected chi connectivity index (χ4v) is 9.60. The summed E-state index contributed by atoms with van der Waals surface area (Å²) >= 11 is 6.37. The molecule has 0 unspecified atom stereocenters. The molecule has 11 rings (SSSR count). The van der Waals surface area contributed by atoms with Crippen LogP contribution in [0.4, 0.5) is 5.69 Å². The van der Waals surface area contributed by atoms with E-state index in [-0.39, 0.29) is 41.4 Å². The summed E-state index contributed by atoms with van der Waals surface area (Å²) in [4.78, 5) is 58.0. The SMILES string of the molecule is Cc1ccc(Cl)cc1N1C(=O)[C@@H]2C3c4ccccc4C(/C=N\N4C(=O)[C@@H]5[C@H](C4=O)[C@H]4C=C[C@H]5CC4)(c4ccccc43)[C@H]2C1=O. The molecule has 3 aromatic rings. The molecule has 218 valence electrons. The number of hydrogen-bond acceptors (Lipinski definition) is 5. The molecule has 7 nitrogen and oxygen atoms in total. The van der Waals surface area contributed by atoms with Crippen molar-refractivity contribution in [3.63, 3.8) is 0 Å². The van der Waals surface area contributed by atoms with E-state index in [1.165, 1.54) is 4.90 Å². The fourth-order valence-electron chi connectivity index (χ4n) is 9.43. The highest BCUT2D eigenvalue weighted by atomic mass is 35.5. The number of aryl methyl sites for hydroxylation is 1. The van der Waals surface area contributed by atoms with Crippen molar-refractivity contribution in [2.45, 2.75) is 31.1 Å². The average Bonchev–Trinajstić information content (AvgIpc) is 3.48. The third kappa shape index (κ3) is 3.05. The third-order valence-corrected chi connectivity index (χ3v) is 11.4. The van der Waals surface area contributed by atoms with Gasteiger partial charge in [-0.15, -0.1) is 0 Å². The molecule has 4 amide bonds. The summed E-state index contributed by atoms with van der Waals surface area (Å²) in [7, 11) is 0. The molecule has 0 radical (unpaired) electrons. The van der Waals surface area contributed by atoms with Crippen molar-refractivity contribution < 1.29 is 19.2 Å². The van der Waals surface area contributed by atoms with E-state index in [0.717, 1.165) is 45.7 Å². The predicted molar refractivity (Wildman–Crippen MR) is 164 cm³/mol. The minimum absolute atomic E-state index is 0.0410. The van der Waals surface area contributed by atoms with Crippen LogP contribution in [0.25, 0.3) is 0 Å². The lowest BCUT2D eigenvalue weighted by Gasteiger charge is -2.52. The largest absolute Gasteiger partial charge is 0.274 e. The summed E-state index contributed by atoms with van der Waals surface area (Å²) < 4.78 is 0. The Labute approximate surface area is 259 Å². The molecule has 0 N–H and O–H groups in total. The fraction of sp³-hybridized carbons (Fsp3) is 0.306. The molecule has 8 heteroatoms. The summed E-state index contributed by atoms with van der Waals surface area (Å²) in [5.74, 6) is -3.72. The number of anilines is 1. The Morgan fingerprint density at radius 2 is 1.36 bits per heavy atom. The number of hydrazone groups is 1. The Morgan fingerprint density at radius 1 is 0.773 bits per heavy atom. The van der Waals surface area contributed by atoms with Gasteiger partial charge in [-0.3, -0.25) is 19.2 Å². The molecule has 2 heterocycles. The van der Waals surface area contributed by atoms with E-state index in [1.807, 2.05) is 61.5 Å². The van der Waals surface area contributed by atoms with Gasteiger partial charge in [0.05, 0.1) is 34.8 Å². The van der Waals surface area contributed by atoms with Crippen molar-refractivity contribution in [3.8, 4) is 0 Å². The number of benzene rings is 3. The lowest BCUT2D eigenvalue weighted by Crippen LogP contribution is -2.55. The van der Waals surface area contributed by atoms with Gasteiger partial charge >= 0.3 is 0 Å². The smallest absolute Gasteiger partial charge is 0.254 e. The van der Waals surface area contributed by atoms with Gasteiger partial charge in [-0.1, -0.05) is 78.4 Å². The summed E-state index contributed by atoms with van der Waals surface area (Å²) in [6.07, 6.45) is 7.59. The number of nitrogens with zero attached hydrogens (tertiary/aromatic N) is 3. The van der Waals surface area contributed by atoms with E-state index in [9.17, 15) is 19.2 Å². The summed E-state index contributed by atoms with van der Waals surface area (Å²) in [6, 6.07) is 21.0. The van der Waals surface area contributed by atoms with Crippen LogP contribution in [-0.4, -0.2) is 34.9 Å². The second-order valence-corrected chi connectivity index (χ2v) is 13.5. The van der Waals surface area contributed by atoms with Crippen LogP contribution in [0.2, 0.25) is 5.02 Å². The normalized spacial score (nSPS) is 34.2. The monoisotopic (exact) mass is 601 g/mol. The molecule has 6 atom stereocenters. The number of carbonyl (C=O) groups is 4. The molecule has 1 saturated carbocycles. The highest BCUT2D eigenvalue weighted by molar-refractivity contribution is 6.32. The van der Waals surface area contributed by atoms with Crippen LogP contribution < -0.4 is 4.90 Å². The maximum atomic E-state index is 14.7.